The molecule has 2 heterocycles. The van der Waals surface area contributed by atoms with E-state index in [0.29, 0.717) is 17.1 Å². The lowest BCUT2D eigenvalue weighted by atomic mass is 9.98. The Hall–Kier alpha value is -2.14. The highest BCUT2D eigenvalue weighted by Gasteiger charge is 2.40. The number of ether oxygens (including phenoxy) is 1. The van der Waals surface area contributed by atoms with Gasteiger partial charge in [-0.3, -0.25) is 0 Å². The average molecular weight is 422 g/mol. The molecule has 0 aromatic heterocycles. The van der Waals surface area contributed by atoms with Crippen LogP contribution < -0.4 is 0 Å². The molecule has 0 amide bonds. The van der Waals surface area contributed by atoms with Gasteiger partial charge in [0.25, 0.3) is 0 Å². The predicted octanol–water partition coefficient (Wildman–Crippen LogP) is 2.04. The maximum absolute atomic E-state index is 12.9. The minimum Gasteiger partial charge on any atom is -0.486 e. The maximum Gasteiger partial charge on any atom is 0.414 e. The molecule has 28 heavy (non-hydrogen) atoms. The topological polar surface area (TPSA) is 90.3 Å². The lowest BCUT2D eigenvalue weighted by Gasteiger charge is -2.39. The number of alkyl halides is 3. The molecule has 7 nitrogen and oxygen atoms in total. The fourth-order valence-electron chi connectivity index (χ4n) is 3.04. The Labute approximate surface area is 165 Å². The molecule has 156 valence electrons. The molecule has 1 fully saturated rings. The molecule has 0 bridgehead atoms. The van der Waals surface area contributed by atoms with Crippen LogP contribution in [0.15, 0.2) is 23.1 Å². The number of halogens is 3. The fourth-order valence-corrected chi connectivity index (χ4v) is 3.45. The van der Waals surface area contributed by atoms with Crippen LogP contribution in [0.4, 0.5) is 13.2 Å². The molecule has 1 aliphatic carbocycles. The summed E-state index contributed by atoms with van der Waals surface area (Å²) in [4.78, 5) is 22.8. The third-order valence-electron chi connectivity index (χ3n) is 4.57. The van der Waals surface area contributed by atoms with Gasteiger partial charge in [0.05, 0.1) is 12.2 Å². The SMILES string of the molecule is CN1CC(CCN2CCC2)OC2=C1C(=S)CC(C(F)(F)F)=C2.O=C(O)C(=O)O. The van der Waals surface area contributed by atoms with E-state index in [1.807, 2.05) is 11.9 Å². The zero-order valence-corrected chi connectivity index (χ0v) is 16.0. The van der Waals surface area contributed by atoms with Crippen LogP contribution in [0.25, 0.3) is 0 Å². The number of rotatable bonds is 3. The van der Waals surface area contributed by atoms with Crippen LogP contribution in [0.5, 0.6) is 0 Å². The third kappa shape index (κ3) is 5.68. The highest BCUT2D eigenvalue weighted by molar-refractivity contribution is 7.80. The largest absolute Gasteiger partial charge is 0.486 e. The molecular formula is C17H21F3N2O5S. The van der Waals surface area contributed by atoms with Crippen molar-refractivity contribution < 1.29 is 37.7 Å². The van der Waals surface area contributed by atoms with Crippen molar-refractivity contribution in [3.05, 3.63) is 23.1 Å². The monoisotopic (exact) mass is 422 g/mol. The van der Waals surface area contributed by atoms with E-state index in [1.165, 1.54) is 6.42 Å². The van der Waals surface area contributed by atoms with E-state index in [4.69, 9.17) is 36.8 Å². The van der Waals surface area contributed by atoms with Crippen LogP contribution in [0.3, 0.4) is 0 Å². The number of nitrogens with zero attached hydrogens (tertiary/aromatic N) is 2. The molecule has 2 N–H and O–H groups in total. The van der Waals surface area contributed by atoms with E-state index in [1.54, 1.807) is 0 Å². The van der Waals surface area contributed by atoms with Crippen molar-refractivity contribution in [1.82, 2.24) is 9.80 Å². The first kappa shape index (κ1) is 22.2. The van der Waals surface area contributed by atoms with Crippen molar-refractivity contribution >= 4 is 29.0 Å². The second-order valence-electron chi connectivity index (χ2n) is 6.69. The van der Waals surface area contributed by atoms with Gasteiger partial charge in [0.1, 0.15) is 11.9 Å². The summed E-state index contributed by atoms with van der Waals surface area (Å²) in [7, 11) is 1.87. The fraction of sp³-hybridized carbons (Fsp3) is 0.588. The first-order chi connectivity index (χ1) is 13.0. The summed E-state index contributed by atoms with van der Waals surface area (Å²) in [5, 5.41) is 14.8. The quantitative estimate of drug-likeness (QED) is 0.528. The molecule has 1 atom stereocenters. The summed E-state index contributed by atoms with van der Waals surface area (Å²) < 4.78 is 44.7. The van der Waals surface area contributed by atoms with Gasteiger partial charge in [-0.15, -0.1) is 0 Å². The van der Waals surface area contributed by atoms with Crippen molar-refractivity contribution in [2.75, 3.05) is 33.2 Å². The number of allylic oxidation sites excluding steroid dienone is 3. The van der Waals surface area contributed by atoms with Gasteiger partial charge < -0.3 is 24.7 Å². The molecule has 0 aromatic carbocycles. The number of thiocarbonyl (C=S) groups is 1. The van der Waals surface area contributed by atoms with E-state index in [0.717, 1.165) is 32.1 Å². The van der Waals surface area contributed by atoms with Gasteiger partial charge in [0.2, 0.25) is 0 Å². The summed E-state index contributed by atoms with van der Waals surface area (Å²) in [5.74, 6) is -3.36. The van der Waals surface area contributed by atoms with Gasteiger partial charge in [-0.2, -0.15) is 13.2 Å². The summed E-state index contributed by atoms with van der Waals surface area (Å²) in [6.45, 7) is 3.82. The highest BCUT2D eigenvalue weighted by Crippen LogP contribution is 2.37. The van der Waals surface area contributed by atoms with Gasteiger partial charge in [-0.05, 0) is 32.0 Å². The van der Waals surface area contributed by atoms with Crippen molar-refractivity contribution in [2.24, 2.45) is 0 Å². The predicted molar refractivity (Wildman–Crippen MR) is 96.8 cm³/mol. The summed E-state index contributed by atoms with van der Waals surface area (Å²) >= 11 is 5.17. The first-order valence-corrected chi connectivity index (χ1v) is 9.01. The number of hydrogen-bond donors (Lipinski definition) is 2. The minimum atomic E-state index is -4.35. The second kappa shape index (κ2) is 8.91. The smallest absolute Gasteiger partial charge is 0.414 e. The number of hydrogen-bond acceptors (Lipinski definition) is 6. The molecule has 1 saturated heterocycles. The zero-order valence-electron chi connectivity index (χ0n) is 15.2. The van der Waals surface area contributed by atoms with E-state index >= 15 is 0 Å². The molecule has 1 unspecified atom stereocenters. The van der Waals surface area contributed by atoms with Gasteiger partial charge in [0, 0.05) is 30.5 Å². The van der Waals surface area contributed by atoms with Crippen molar-refractivity contribution in [3.63, 3.8) is 0 Å². The molecule has 0 radical (unpaired) electrons. The Kier molecular flexibility index (Phi) is 7.05. The highest BCUT2D eigenvalue weighted by atomic mass is 32.1. The molecule has 3 aliphatic rings. The molecule has 3 rings (SSSR count). The molecule has 2 aliphatic heterocycles. The van der Waals surface area contributed by atoms with Crippen LogP contribution in [0, 0.1) is 0 Å². The van der Waals surface area contributed by atoms with E-state index in [-0.39, 0.29) is 18.3 Å². The molecule has 0 aromatic rings. The summed E-state index contributed by atoms with van der Waals surface area (Å²) in [6, 6.07) is 0. The molecule has 11 heteroatoms. The van der Waals surface area contributed by atoms with Crippen molar-refractivity contribution in [2.45, 2.75) is 31.5 Å². The molecular weight excluding hydrogens is 401 g/mol. The van der Waals surface area contributed by atoms with Crippen LogP contribution >= 0.6 is 12.2 Å². The number of carboxylic acids is 2. The van der Waals surface area contributed by atoms with Crippen LogP contribution in [0.2, 0.25) is 0 Å². The molecule has 0 spiro atoms. The van der Waals surface area contributed by atoms with Crippen LogP contribution in [0.1, 0.15) is 19.3 Å². The minimum absolute atomic E-state index is 0.0871. The Bertz CT molecular complexity index is 704. The van der Waals surface area contributed by atoms with Crippen molar-refractivity contribution in [1.29, 1.82) is 0 Å². The Morgan fingerprint density at radius 2 is 1.89 bits per heavy atom. The lowest BCUT2D eigenvalue weighted by molar-refractivity contribution is -0.159. The van der Waals surface area contributed by atoms with Gasteiger partial charge in [-0.1, -0.05) is 12.2 Å². The number of likely N-dealkylation sites (N-methyl/N-ethyl adjacent to an activating group) is 1. The van der Waals surface area contributed by atoms with E-state index < -0.39 is 23.7 Å². The van der Waals surface area contributed by atoms with Gasteiger partial charge in [0.15, 0.2) is 0 Å². The second-order valence-corrected chi connectivity index (χ2v) is 7.19. The standard InChI is InChI=1S/C15H19F3N2OS.C2H2O4/c1-19-9-11(3-6-20-4-2-5-20)21-12-7-10(15(16,17)18)8-13(22)14(12)19;3-1(4)2(5)6/h7,11H,2-6,8-9H2,1H3;(H,3,4)(H,5,6). The van der Waals surface area contributed by atoms with E-state index in [2.05, 4.69) is 4.90 Å². The average Bonchev–Trinajstić information content (AvgIpc) is 2.52. The summed E-state index contributed by atoms with van der Waals surface area (Å²) in [5.41, 5.74) is 0.0243. The van der Waals surface area contributed by atoms with Gasteiger partial charge >= 0.3 is 18.1 Å². The lowest BCUT2D eigenvalue weighted by Crippen LogP contribution is -2.44. The first-order valence-electron chi connectivity index (χ1n) is 8.60. The molecule has 0 saturated carbocycles. The Morgan fingerprint density at radius 1 is 1.29 bits per heavy atom. The van der Waals surface area contributed by atoms with Crippen LogP contribution in [-0.2, 0) is 14.3 Å². The van der Waals surface area contributed by atoms with Crippen LogP contribution in [-0.4, -0.2) is 82.3 Å². The number of aliphatic carboxylic acids is 2. The normalized spacial score (nSPS) is 22.3. The van der Waals surface area contributed by atoms with Gasteiger partial charge in [-0.25, -0.2) is 9.59 Å². The Morgan fingerprint density at radius 3 is 2.36 bits per heavy atom. The van der Waals surface area contributed by atoms with Crippen molar-refractivity contribution in [3.8, 4) is 0 Å². The Balaban J connectivity index is 0.000000409. The maximum atomic E-state index is 12.9. The summed E-state index contributed by atoms with van der Waals surface area (Å²) in [6.07, 6.45) is -1.50. The third-order valence-corrected chi connectivity index (χ3v) is 4.91. The zero-order chi connectivity index (χ0) is 21.1. The number of carboxylic acid groups (broad SMARTS) is 2. The number of likely N-dealkylation sites (tertiary alicyclic amines) is 1. The number of carbonyl (C=O) groups is 2. The van der Waals surface area contributed by atoms with E-state index in [9.17, 15) is 13.2 Å².